The lowest BCUT2D eigenvalue weighted by Gasteiger charge is -2.37. The van der Waals surface area contributed by atoms with Crippen LogP contribution in [0.25, 0.3) is 0 Å². The predicted octanol–water partition coefficient (Wildman–Crippen LogP) is 1.78. The SMILES string of the molecule is CC1(C)CCN(c2cn(CC(=O)Nc3ccc(C#N)nc3)c(=O)cn2)CC1. The molecule has 0 atom stereocenters. The number of pyridine rings is 1. The van der Waals surface area contributed by atoms with Crippen LogP contribution in [0.5, 0.6) is 0 Å². The summed E-state index contributed by atoms with van der Waals surface area (Å²) in [5, 5.41) is 11.4. The molecule has 0 unspecified atom stereocenters. The second-order valence-electron chi connectivity index (χ2n) is 7.45. The van der Waals surface area contributed by atoms with E-state index in [-0.39, 0.29) is 23.7 Å². The smallest absolute Gasteiger partial charge is 0.269 e. The molecule has 1 aliphatic heterocycles. The lowest BCUT2D eigenvalue weighted by Crippen LogP contribution is -2.38. The Bertz CT molecular complexity index is 916. The van der Waals surface area contributed by atoms with Gasteiger partial charge in [0.2, 0.25) is 5.91 Å². The van der Waals surface area contributed by atoms with Gasteiger partial charge in [-0.25, -0.2) is 9.97 Å². The standard InChI is InChI=1S/C19H22N6O2/c1-19(2)5-7-24(8-6-19)16-12-25(18(27)11-22-16)13-17(26)23-15-4-3-14(9-20)21-10-15/h3-4,10-12H,5-8,13H2,1-2H3,(H,23,26). The molecule has 3 rings (SSSR count). The van der Waals surface area contributed by atoms with Crippen LogP contribution < -0.4 is 15.8 Å². The van der Waals surface area contributed by atoms with Crippen LogP contribution in [-0.4, -0.2) is 33.5 Å². The number of hydrogen-bond acceptors (Lipinski definition) is 6. The number of hydrogen-bond donors (Lipinski definition) is 1. The number of rotatable bonds is 4. The zero-order valence-corrected chi connectivity index (χ0v) is 15.5. The molecule has 1 fully saturated rings. The van der Waals surface area contributed by atoms with E-state index in [1.165, 1.54) is 23.0 Å². The largest absolute Gasteiger partial charge is 0.355 e. The van der Waals surface area contributed by atoms with E-state index in [4.69, 9.17) is 5.26 Å². The summed E-state index contributed by atoms with van der Waals surface area (Å²) in [6.07, 6.45) is 6.41. The van der Waals surface area contributed by atoms with Crippen LogP contribution in [-0.2, 0) is 11.3 Å². The molecule has 1 aliphatic rings. The molecule has 27 heavy (non-hydrogen) atoms. The highest BCUT2D eigenvalue weighted by molar-refractivity contribution is 5.90. The van der Waals surface area contributed by atoms with Crippen LogP contribution >= 0.6 is 0 Å². The van der Waals surface area contributed by atoms with Crippen molar-refractivity contribution < 1.29 is 4.79 Å². The van der Waals surface area contributed by atoms with E-state index in [0.29, 0.717) is 16.9 Å². The highest BCUT2D eigenvalue weighted by Gasteiger charge is 2.26. The first-order chi connectivity index (χ1) is 12.9. The minimum absolute atomic E-state index is 0.117. The van der Waals surface area contributed by atoms with Gasteiger partial charge < -0.3 is 14.8 Å². The second kappa shape index (κ2) is 7.58. The zero-order valence-electron chi connectivity index (χ0n) is 15.5. The molecule has 2 aromatic rings. The van der Waals surface area contributed by atoms with Crippen molar-refractivity contribution in [1.82, 2.24) is 14.5 Å². The Labute approximate surface area is 157 Å². The number of piperidine rings is 1. The number of anilines is 2. The summed E-state index contributed by atoms with van der Waals surface area (Å²) in [7, 11) is 0. The Morgan fingerprint density at radius 2 is 2.00 bits per heavy atom. The fourth-order valence-electron chi connectivity index (χ4n) is 2.95. The molecule has 0 radical (unpaired) electrons. The number of nitriles is 1. The molecular weight excluding hydrogens is 344 g/mol. The van der Waals surface area contributed by atoms with Gasteiger partial charge in [0.05, 0.1) is 24.3 Å². The van der Waals surface area contributed by atoms with Gasteiger partial charge in [-0.05, 0) is 30.4 Å². The van der Waals surface area contributed by atoms with Crippen molar-refractivity contribution in [2.75, 3.05) is 23.3 Å². The van der Waals surface area contributed by atoms with Crippen molar-refractivity contribution in [1.29, 1.82) is 5.26 Å². The summed E-state index contributed by atoms with van der Waals surface area (Å²) in [5.41, 5.74) is 0.733. The second-order valence-corrected chi connectivity index (χ2v) is 7.45. The molecule has 2 aromatic heterocycles. The summed E-state index contributed by atoms with van der Waals surface area (Å²) >= 11 is 0. The molecule has 3 heterocycles. The van der Waals surface area contributed by atoms with Crippen LogP contribution in [0.4, 0.5) is 11.5 Å². The molecule has 0 spiro atoms. The van der Waals surface area contributed by atoms with Gasteiger partial charge >= 0.3 is 0 Å². The monoisotopic (exact) mass is 366 g/mol. The quantitative estimate of drug-likeness (QED) is 0.884. The molecule has 8 nitrogen and oxygen atoms in total. The summed E-state index contributed by atoms with van der Waals surface area (Å²) in [5.74, 6) is 0.360. The Morgan fingerprint density at radius 1 is 1.26 bits per heavy atom. The summed E-state index contributed by atoms with van der Waals surface area (Å²) in [6, 6.07) is 5.03. The van der Waals surface area contributed by atoms with Crippen LogP contribution in [0.1, 0.15) is 32.4 Å². The first-order valence-electron chi connectivity index (χ1n) is 8.84. The summed E-state index contributed by atoms with van der Waals surface area (Å²) in [6.45, 7) is 6.14. The summed E-state index contributed by atoms with van der Waals surface area (Å²) < 4.78 is 1.36. The third-order valence-electron chi connectivity index (χ3n) is 4.78. The van der Waals surface area contributed by atoms with Gasteiger partial charge in [-0.15, -0.1) is 0 Å². The van der Waals surface area contributed by atoms with Gasteiger partial charge in [0, 0.05) is 13.1 Å². The fourth-order valence-corrected chi connectivity index (χ4v) is 2.95. The molecule has 1 amide bonds. The Hall–Kier alpha value is -3.21. The maximum absolute atomic E-state index is 12.3. The zero-order chi connectivity index (χ0) is 19.4. The maximum atomic E-state index is 12.3. The van der Waals surface area contributed by atoms with E-state index in [9.17, 15) is 9.59 Å². The van der Waals surface area contributed by atoms with Gasteiger partial charge in [0.15, 0.2) is 0 Å². The minimum atomic E-state index is -0.347. The highest BCUT2D eigenvalue weighted by Crippen LogP contribution is 2.31. The van der Waals surface area contributed by atoms with Gasteiger partial charge in [-0.2, -0.15) is 5.26 Å². The van der Waals surface area contributed by atoms with Gasteiger partial charge in [-0.1, -0.05) is 13.8 Å². The van der Waals surface area contributed by atoms with Crippen molar-refractivity contribution >= 4 is 17.4 Å². The van der Waals surface area contributed by atoms with Crippen molar-refractivity contribution in [2.45, 2.75) is 33.2 Å². The Kier molecular flexibility index (Phi) is 5.21. The molecule has 1 saturated heterocycles. The van der Waals surface area contributed by atoms with Gasteiger partial charge in [-0.3, -0.25) is 9.59 Å². The molecule has 0 aromatic carbocycles. The molecule has 0 bridgehead atoms. The number of carbonyl (C=O) groups excluding carboxylic acids is 1. The number of nitrogens with one attached hydrogen (secondary N) is 1. The number of aromatic nitrogens is 3. The van der Waals surface area contributed by atoms with E-state index in [0.717, 1.165) is 25.9 Å². The van der Waals surface area contributed by atoms with Crippen LogP contribution in [0.2, 0.25) is 0 Å². The van der Waals surface area contributed by atoms with Crippen molar-refractivity contribution in [3.63, 3.8) is 0 Å². The minimum Gasteiger partial charge on any atom is -0.355 e. The average Bonchev–Trinajstić information content (AvgIpc) is 2.64. The molecule has 1 N–H and O–H groups in total. The molecule has 0 aliphatic carbocycles. The lowest BCUT2D eigenvalue weighted by molar-refractivity contribution is -0.116. The molecule has 8 heteroatoms. The normalized spacial score (nSPS) is 15.8. The topological polar surface area (TPSA) is 104 Å². The summed E-state index contributed by atoms with van der Waals surface area (Å²) in [4.78, 5) is 34.6. The fraction of sp³-hybridized carbons (Fsp3) is 0.421. The van der Waals surface area contributed by atoms with Crippen molar-refractivity contribution in [2.24, 2.45) is 5.41 Å². The van der Waals surface area contributed by atoms with Crippen LogP contribution in [0.15, 0.2) is 35.5 Å². The van der Waals surface area contributed by atoms with Gasteiger partial charge in [0.1, 0.15) is 24.1 Å². The predicted molar refractivity (Wildman–Crippen MR) is 101 cm³/mol. The average molecular weight is 366 g/mol. The van der Waals surface area contributed by atoms with Crippen molar-refractivity contribution in [3.05, 3.63) is 46.8 Å². The van der Waals surface area contributed by atoms with E-state index >= 15 is 0 Å². The highest BCUT2D eigenvalue weighted by atomic mass is 16.2. The first kappa shape index (κ1) is 18.6. The number of amides is 1. The van der Waals surface area contributed by atoms with E-state index < -0.39 is 0 Å². The third kappa shape index (κ3) is 4.70. The number of carbonyl (C=O) groups is 1. The molecular formula is C19H22N6O2. The third-order valence-corrected chi connectivity index (χ3v) is 4.78. The van der Waals surface area contributed by atoms with Crippen molar-refractivity contribution in [3.8, 4) is 6.07 Å². The molecule has 140 valence electrons. The van der Waals surface area contributed by atoms with E-state index in [1.807, 2.05) is 6.07 Å². The Morgan fingerprint density at radius 3 is 2.63 bits per heavy atom. The number of nitrogens with zero attached hydrogens (tertiary/aromatic N) is 5. The molecule has 0 saturated carbocycles. The van der Waals surface area contributed by atoms with E-state index in [2.05, 4.69) is 34.0 Å². The van der Waals surface area contributed by atoms with Gasteiger partial charge in [0.25, 0.3) is 5.56 Å². The van der Waals surface area contributed by atoms with E-state index in [1.54, 1.807) is 12.3 Å². The maximum Gasteiger partial charge on any atom is 0.269 e. The lowest BCUT2D eigenvalue weighted by atomic mass is 9.83. The van der Waals surface area contributed by atoms with Crippen LogP contribution in [0.3, 0.4) is 0 Å². The first-order valence-corrected chi connectivity index (χ1v) is 8.84. The van der Waals surface area contributed by atoms with Crippen LogP contribution in [0, 0.1) is 16.7 Å². The Balaban J connectivity index is 1.68.